The van der Waals surface area contributed by atoms with Crippen LogP contribution in [-0.2, 0) is 11.2 Å². The van der Waals surface area contributed by atoms with Gasteiger partial charge in [-0.2, -0.15) is 0 Å². The third kappa shape index (κ3) is 3.48. The topological polar surface area (TPSA) is 61.0 Å². The van der Waals surface area contributed by atoms with Crippen molar-refractivity contribution in [1.29, 1.82) is 0 Å². The van der Waals surface area contributed by atoms with Gasteiger partial charge in [-0.05, 0) is 45.2 Å². The van der Waals surface area contributed by atoms with Crippen LogP contribution >= 0.6 is 0 Å². The minimum Gasteiger partial charge on any atom is -0.374 e. The number of ether oxygens (including phenoxy) is 1. The van der Waals surface area contributed by atoms with Gasteiger partial charge in [-0.3, -0.25) is 0 Å². The van der Waals surface area contributed by atoms with E-state index in [0.717, 1.165) is 23.6 Å². The van der Waals surface area contributed by atoms with Gasteiger partial charge in [-0.25, -0.2) is 9.97 Å². The number of methoxy groups -OCH3 is 1. The lowest BCUT2D eigenvalue weighted by molar-refractivity contribution is 0.111. The Kier molecular flexibility index (Phi) is 5.02. The molecular formula is C13H23N3O. The zero-order valence-corrected chi connectivity index (χ0v) is 11.4. The zero-order chi connectivity index (χ0) is 13.0. The van der Waals surface area contributed by atoms with E-state index in [4.69, 9.17) is 10.5 Å². The van der Waals surface area contributed by atoms with Gasteiger partial charge in [0, 0.05) is 18.5 Å². The van der Waals surface area contributed by atoms with E-state index < -0.39 is 0 Å². The average Bonchev–Trinajstić information content (AvgIpc) is 2.32. The first kappa shape index (κ1) is 14.1. The second kappa shape index (κ2) is 6.07. The summed E-state index contributed by atoms with van der Waals surface area (Å²) in [6.45, 7) is 8.84. The van der Waals surface area contributed by atoms with Crippen LogP contribution in [0.2, 0.25) is 0 Å². The first-order valence-electron chi connectivity index (χ1n) is 6.06. The van der Waals surface area contributed by atoms with Crippen LogP contribution in [-0.4, -0.2) is 23.6 Å². The maximum atomic E-state index is 5.66. The summed E-state index contributed by atoms with van der Waals surface area (Å²) in [5.41, 5.74) is 8.95. The number of aryl methyl sites for hydroxylation is 2. The Morgan fingerprint density at radius 3 is 2.12 bits per heavy atom. The molecule has 0 fully saturated rings. The van der Waals surface area contributed by atoms with E-state index in [1.54, 1.807) is 7.11 Å². The van der Waals surface area contributed by atoms with E-state index in [-0.39, 0.29) is 6.10 Å². The number of nitrogens with zero attached hydrogens (tertiary/aromatic N) is 2. The molecule has 0 radical (unpaired) electrons. The Balaban J connectivity index is 3.02. The summed E-state index contributed by atoms with van der Waals surface area (Å²) in [4.78, 5) is 9.03. The smallest absolute Gasteiger partial charge is 0.157 e. The van der Waals surface area contributed by atoms with Crippen LogP contribution in [0.25, 0.3) is 0 Å². The molecule has 2 N–H and O–H groups in total. The highest BCUT2D eigenvalue weighted by atomic mass is 16.5. The summed E-state index contributed by atoms with van der Waals surface area (Å²) >= 11 is 0. The zero-order valence-electron chi connectivity index (χ0n) is 11.4. The number of rotatable bonds is 5. The maximum absolute atomic E-state index is 5.66. The molecule has 0 aliphatic rings. The minimum atomic E-state index is -0.0617. The Hall–Kier alpha value is -1.00. The second-order valence-corrected chi connectivity index (χ2v) is 4.65. The number of nitrogens with two attached hydrogens (primary N) is 1. The van der Waals surface area contributed by atoms with Crippen LogP contribution in [0, 0.1) is 19.8 Å². The highest BCUT2D eigenvalue weighted by molar-refractivity contribution is 5.25. The monoisotopic (exact) mass is 237 g/mol. The van der Waals surface area contributed by atoms with Crippen molar-refractivity contribution < 1.29 is 4.74 Å². The first-order valence-corrected chi connectivity index (χ1v) is 6.06. The van der Waals surface area contributed by atoms with Crippen molar-refractivity contribution in [3.63, 3.8) is 0 Å². The van der Waals surface area contributed by atoms with Gasteiger partial charge in [0.15, 0.2) is 5.82 Å². The van der Waals surface area contributed by atoms with Gasteiger partial charge >= 0.3 is 0 Å². The van der Waals surface area contributed by atoms with E-state index in [2.05, 4.69) is 16.9 Å². The molecule has 2 unspecified atom stereocenters. The molecule has 0 spiro atoms. The van der Waals surface area contributed by atoms with E-state index in [1.165, 1.54) is 5.56 Å². The third-order valence-corrected chi connectivity index (χ3v) is 3.11. The molecule has 0 aliphatic carbocycles. The molecule has 2 atom stereocenters. The standard InChI is InChI=1S/C13H23N3O/c1-8(7-14)6-12-9(2)15-13(11(4)17-5)16-10(12)3/h8,11H,6-7,14H2,1-5H3. The van der Waals surface area contributed by atoms with Crippen molar-refractivity contribution in [1.82, 2.24) is 9.97 Å². The fourth-order valence-electron chi connectivity index (χ4n) is 1.78. The van der Waals surface area contributed by atoms with E-state index in [0.29, 0.717) is 12.5 Å². The third-order valence-electron chi connectivity index (χ3n) is 3.11. The van der Waals surface area contributed by atoms with Gasteiger partial charge in [0.05, 0.1) is 0 Å². The van der Waals surface area contributed by atoms with Crippen LogP contribution in [0.3, 0.4) is 0 Å². The number of hydrogen-bond donors (Lipinski definition) is 1. The Morgan fingerprint density at radius 2 is 1.71 bits per heavy atom. The van der Waals surface area contributed by atoms with Crippen molar-refractivity contribution in [2.75, 3.05) is 13.7 Å². The molecule has 4 nitrogen and oxygen atoms in total. The van der Waals surface area contributed by atoms with E-state index in [9.17, 15) is 0 Å². The molecule has 0 bridgehead atoms. The Morgan fingerprint density at radius 1 is 1.18 bits per heavy atom. The van der Waals surface area contributed by atoms with Crippen LogP contribution in [0.5, 0.6) is 0 Å². The van der Waals surface area contributed by atoms with Gasteiger partial charge in [-0.15, -0.1) is 0 Å². The summed E-state index contributed by atoms with van der Waals surface area (Å²) in [5, 5.41) is 0. The molecule has 1 aromatic rings. The van der Waals surface area contributed by atoms with Crippen molar-refractivity contribution in [3.05, 3.63) is 22.8 Å². The van der Waals surface area contributed by atoms with Crippen molar-refractivity contribution >= 4 is 0 Å². The summed E-state index contributed by atoms with van der Waals surface area (Å²) in [5.74, 6) is 1.22. The molecule has 96 valence electrons. The lowest BCUT2D eigenvalue weighted by atomic mass is 9.99. The van der Waals surface area contributed by atoms with Gasteiger partial charge in [0.1, 0.15) is 6.10 Å². The maximum Gasteiger partial charge on any atom is 0.157 e. The predicted octanol–water partition coefficient (Wildman–Crippen LogP) is 1.94. The van der Waals surface area contributed by atoms with Crippen molar-refractivity contribution in [2.45, 2.75) is 40.2 Å². The fourth-order valence-corrected chi connectivity index (χ4v) is 1.78. The first-order chi connectivity index (χ1) is 7.99. The molecule has 1 aromatic heterocycles. The SMILES string of the molecule is COC(C)c1nc(C)c(CC(C)CN)c(C)n1. The van der Waals surface area contributed by atoms with Gasteiger partial charge in [0.2, 0.25) is 0 Å². The fraction of sp³-hybridized carbons (Fsp3) is 0.692. The minimum absolute atomic E-state index is 0.0617. The predicted molar refractivity (Wildman–Crippen MR) is 68.9 cm³/mol. The van der Waals surface area contributed by atoms with Crippen LogP contribution in [0.4, 0.5) is 0 Å². The largest absolute Gasteiger partial charge is 0.374 e. The summed E-state index contributed by atoms with van der Waals surface area (Å²) < 4.78 is 5.24. The highest BCUT2D eigenvalue weighted by Gasteiger charge is 2.14. The van der Waals surface area contributed by atoms with Crippen LogP contribution < -0.4 is 5.73 Å². The molecular weight excluding hydrogens is 214 g/mol. The normalized spacial score (nSPS) is 14.7. The molecule has 0 saturated carbocycles. The molecule has 0 aliphatic heterocycles. The molecule has 4 heteroatoms. The molecule has 1 rings (SSSR count). The van der Waals surface area contributed by atoms with Crippen molar-refractivity contribution in [2.24, 2.45) is 11.7 Å². The summed E-state index contributed by atoms with van der Waals surface area (Å²) in [6, 6.07) is 0. The second-order valence-electron chi connectivity index (χ2n) is 4.65. The van der Waals surface area contributed by atoms with Gasteiger partial charge < -0.3 is 10.5 Å². The Labute approximate surface area is 104 Å². The molecule has 0 aromatic carbocycles. The van der Waals surface area contributed by atoms with Crippen LogP contribution in [0.15, 0.2) is 0 Å². The highest BCUT2D eigenvalue weighted by Crippen LogP contribution is 2.18. The van der Waals surface area contributed by atoms with Crippen LogP contribution in [0.1, 0.15) is 42.7 Å². The number of aromatic nitrogens is 2. The van der Waals surface area contributed by atoms with Crippen molar-refractivity contribution in [3.8, 4) is 0 Å². The summed E-state index contributed by atoms with van der Waals surface area (Å²) in [7, 11) is 1.67. The summed E-state index contributed by atoms with van der Waals surface area (Å²) in [6.07, 6.45) is 0.879. The lowest BCUT2D eigenvalue weighted by Gasteiger charge is -2.16. The molecule has 0 amide bonds. The quantitative estimate of drug-likeness (QED) is 0.850. The Bertz CT molecular complexity index is 356. The average molecular weight is 237 g/mol. The van der Waals surface area contributed by atoms with E-state index in [1.807, 2.05) is 20.8 Å². The molecule has 0 saturated heterocycles. The van der Waals surface area contributed by atoms with E-state index >= 15 is 0 Å². The lowest BCUT2D eigenvalue weighted by Crippen LogP contribution is -2.16. The molecule has 17 heavy (non-hydrogen) atoms. The van der Waals surface area contributed by atoms with Gasteiger partial charge in [0.25, 0.3) is 0 Å². The number of hydrogen-bond acceptors (Lipinski definition) is 4. The molecule has 1 heterocycles. The van der Waals surface area contributed by atoms with Gasteiger partial charge in [-0.1, -0.05) is 6.92 Å².